The molecule has 0 aliphatic heterocycles. The van der Waals surface area contributed by atoms with Crippen LogP contribution in [0.3, 0.4) is 0 Å². The van der Waals surface area contributed by atoms with E-state index in [9.17, 15) is 4.79 Å². The van der Waals surface area contributed by atoms with Crippen LogP contribution in [-0.2, 0) is 11.4 Å². The van der Waals surface area contributed by atoms with Gasteiger partial charge in [-0.1, -0.05) is 47.5 Å². The highest BCUT2D eigenvalue weighted by molar-refractivity contribution is 6.34. The monoisotopic (exact) mass is 386 g/mol. The van der Waals surface area contributed by atoms with Gasteiger partial charge in [0.15, 0.2) is 0 Å². The minimum atomic E-state index is -0.382. The zero-order chi connectivity index (χ0) is 18.1. The smallest absolute Gasteiger partial charge is 0.275 e. The second-order valence-corrected chi connectivity index (χ2v) is 6.42. The summed E-state index contributed by atoms with van der Waals surface area (Å²) >= 11 is 11.8. The maximum atomic E-state index is 12.6. The van der Waals surface area contributed by atoms with Crippen molar-refractivity contribution in [3.8, 4) is 0 Å². The Labute approximate surface area is 158 Å². The van der Waals surface area contributed by atoms with Crippen molar-refractivity contribution in [3.05, 3.63) is 76.0 Å². The van der Waals surface area contributed by atoms with E-state index < -0.39 is 0 Å². The Hall–Kier alpha value is -2.60. The van der Waals surface area contributed by atoms with Crippen LogP contribution in [0, 0.1) is 0 Å². The van der Waals surface area contributed by atoms with E-state index in [4.69, 9.17) is 32.5 Å². The van der Waals surface area contributed by atoms with Crippen LogP contribution < -0.4 is 5.48 Å². The largest absolute Gasteiger partial charge is 0.456 e. The molecule has 4 aromatic rings. The van der Waals surface area contributed by atoms with Gasteiger partial charge in [-0.3, -0.25) is 14.6 Å². The summed E-state index contributed by atoms with van der Waals surface area (Å²) < 4.78 is 5.78. The number of hydrogen-bond donors (Lipinski definition) is 1. The summed E-state index contributed by atoms with van der Waals surface area (Å²) in [5.41, 5.74) is 4.72. The van der Waals surface area contributed by atoms with Gasteiger partial charge in [-0.25, -0.2) is 5.48 Å². The van der Waals surface area contributed by atoms with Crippen molar-refractivity contribution in [3.63, 3.8) is 0 Å². The Kier molecular flexibility index (Phi) is 4.51. The predicted molar refractivity (Wildman–Crippen MR) is 100 cm³/mol. The quantitative estimate of drug-likeness (QED) is 0.492. The molecule has 4 rings (SSSR count). The summed E-state index contributed by atoms with van der Waals surface area (Å²) in [4.78, 5) is 21.9. The number of hydroxylamine groups is 1. The second-order valence-electron chi connectivity index (χ2n) is 5.58. The van der Waals surface area contributed by atoms with E-state index in [0.717, 1.165) is 16.4 Å². The van der Waals surface area contributed by atoms with Crippen molar-refractivity contribution in [2.75, 3.05) is 0 Å². The van der Waals surface area contributed by atoms with Crippen molar-refractivity contribution in [2.24, 2.45) is 0 Å². The van der Waals surface area contributed by atoms with E-state index in [-0.39, 0.29) is 12.5 Å². The SMILES string of the molecule is O=C(NOCc1ncc(Cl)cc1Cl)c1cccc2oc3ccccc3c12. The molecular weight excluding hydrogens is 375 g/mol. The fourth-order valence-corrected chi connectivity index (χ4v) is 3.17. The van der Waals surface area contributed by atoms with Gasteiger partial charge in [-0.15, -0.1) is 0 Å². The Morgan fingerprint density at radius 3 is 2.77 bits per heavy atom. The number of nitrogens with one attached hydrogen (secondary N) is 1. The van der Waals surface area contributed by atoms with Crippen molar-refractivity contribution >= 4 is 51.0 Å². The zero-order valence-electron chi connectivity index (χ0n) is 13.3. The molecule has 2 heterocycles. The van der Waals surface area contributed by atoms with Gasteiger partial charge in [0.25, 0.3) is 5.91 Å². The molecule has 0 spiro atoms. The molecule has 130 valence electrons. The van der Waals surface area contributed by atoms with E-state index >= 15 is 0 Å². The maximum Gasteiger partial charge on any atom is 0.275 e. The highest BCUT2D eigenvalue weighted by atomic mass is 35.5. The second kappa shape index (κ2) is 6.96. The third-order valence-electron chi connectivity index (χ3n) is 3.90. The van der Waals surface area contributed by atoms with Crippen LogP contribution in [-0.4, -0.2) is 10.9 Å². The Morgan fingerprint density at radius 1 is 1.12 bits per heavy atom. The number of nitrogens with zero attached hydrogens (tertiary/aromatic N) is 1. The first-order valence-electron chi connectivity index (χ1n) is 7.76. The lowest BCUT2D eigenvalue weighted by Crippen LogP contribution is -2.24. The van der Waals surface area contributed by atoms with Gasteiger partial charge in [-0.2, -0.15) is 0 Å². The number of para-hydroxylation sites is 1. The van der Waals surface area contributed by atoms with Gasteiger partial charge in [0.1, 0.15) is 17.8 Å². The van der Waals surface area contributed by atoms with E-state index in [1.165, 1.54) is 6.20 Å². The van der Waals surface area contributed by atoms with E-state index in [2.05, 4.69) is 10.5 Å². The topological polar surface area (TPSA) is 64.4 Å². The molecule has 1 amide bonds. The lowest BCUT2D eigenvalue weighted by atomic mass is 10.1. The van der Waals surface area contributed by atoms with Crippen LogP contribution in [0.5, 0.6) is 0 Å². The minimum absolute atomic E-state index is 0.0177. The number of benzene rings is 2. The molecule has 0 unspecified atom stereocenters. The molecule has 0 bridgehead atoms. The Morgan fingerprint density at radius 2 is 1.92 bits per heavy atom. The molecule has 1 N–H and O–H groups in total. The number of furan rings is 1. The summed E-state index contributed by atoms with van der Waals surface area (Å²) in [7, 11) is 0. The molecule has 0 fully saturated rings. The van der Waals surface area contributed by atoms with Crippen molar-refractivity contribution in [2.45, 2.75) is 6.61 Å². The van der Waals surface area contributed by atoms with Gasteiger partial charge in [0, 0.05) is 17.0 Å². The molecular formula is C19H12Cl2N2O3. The molecule has 5 nitrogen and oxygen atoms in total. The standard InChI is InChI=1S/C19H12Cl2N2O3/c20-11-8-14(21)15(22-9-11)10-25-23-19(24)13-5-3-7-17-18(13)12-4-1-2-6-16(12)26-17/h1-9H,10H2,(H,23,24). The highest BCUT2D eigenvalue weighted by Gasteiger charge is 2.16. The molecule has 0 saturated carbocycles. The van der Waals surface area contributed by atoms with E-state index in [1.54, 1.807) is 18.2 Å². The number of fused-ring (bicyclic) bond motifs is 3. The van der Waals surface area contributed by atoms with Gasteiger partial charge in [0.05, 0.1) is 21.3 Å². The molecule has 0 radical (unpaired) electrons. The van der Waals surface area contributed by atoms with Crippen LogP contribution >= 0.6 is 23.2 Å². The molecule has 2 aromatic heterocycles. The normalized spacial score (nSPS) is 11.2. The van der Waals surface area contributed by atoms with Crippen LogP contribution in [0.2, 0.25) is 10.0 Å². The Bertz CT molecular complexity index is 1120. The van der Waals surface area contributed by atoms with Crippen LogP contribution in [0.25, 0.3) is 21.9 Å². The van der Waals surface area contributed by atoms with Crippen molar-refractivity contribution in [1.29, 1.82) is 0 Å². The van der Waals surface area contributed by atoms with Gasteiger partial charge >= 0.3 is 0 Å². The fourth-order valence-electron chi connectivity index (χ4n) is 2.74. The number of pyridine rings is 1. The first-order valence-corrected chi connectivity index (χ1v) is 8.51. The number of hydrogen-bond acceptors (Lipinski definition) is 4. The number of halogens is 2. The summed E-state index contributed by atoms with van der Waals surface area (Å²) in [6.45, 7) is 0.0177. The number of rotatable bonds is 4. The molecule has 0 aliphatic rings. The molecule has 7 heteroatoms. The highest BCUT2D eigenvalue weighted by Crippen LogP contribution is 2.31. The van der Waals surface area contributed by atoms with Gasteiger partial charge in [0.2, 0.25) is 0 Å². The summed E-state index contributed by atoms with van der Waals surface area (Å²) in [6, 6.07) is 14.4. The average Bonchev–Trinajstić information content (AvgIpc) is 3.02. The summed E-state index contributed by atoms with van der Waals surface area (Å²) in [5.74, 6) is -0.382. The molecule has 0 aliphatic carbocycles. The number of carbonyl (C=O) groups is 1. The van der Waals surface area contributed by atoms with Crippen molar-refractivity contribution < 1.29 is 14.0 Å². The van der Waals surface area contributed by atoms with E-state index in [0.29, 0.717) is 26.9 Å². The van der Waals surface area contributed by atoms with E-state index in [1.807, 2.05) is 30.3 Å². The molecule has 0 atom stereocenters. The number of amides is 1. The Balaban J connectivity index is 1.56. The van der Waals surface area contributed by atoms with Gasteiger partial charge in [-0.05, 0) is 24.3 Å². The lowest BCUT2D eigenvalue weighted by Gasteiger charge is -2.08. The molecule has 26 heavy (non-hydrogen) atoms. The lowest BCUT2D eigenvalue weighted by molar-refractivity contribution is 0.0223. The third-order valence-corrected chi connectivity index (χ3v) is 4.44. The fraction of sp³-hybridized carbons (Fsp3) is 0.0526. The van der Waals surface area contributed by atoms with Gasteiger partial charge < -0.3 is 4.42 Å². The maximum absolute atomic E-state index is 12.6. The summed E-state index contributed by atoms with van der Waals surface area (Å²) in [5, 5.41) is 2.42. The van der Waals surface area contributed by atoms with Crippen LogP contribution in [0.15, 0.2) is 59.1 Å². The molecule has 2 aromatic carbocycles. The third kappa shape index (κ3) is 3.12. The first kappa shape index (κ1) is 16.8. The van der Waals surface area contributed by atoms with Crippen LogP contribution in [0.4, 0.5) is 0 Å². The predicted octanol–water partition coefficient (Wildman–Crippen LogP) is 5.15. The zero-order valence-corrected chi connectivity index (χ0v) is 14.8. The minimum Gasteiger partial charge on any atom is -0.456 e. The summed E-state index contributed by atoms with van der Waals surface area (Å²) in [6.07, 6.45) is 1.46. The van der Waals surface area contributed by atoms with Crippen LogP contribution in [0.1, 0.15) is 16.1 Å². The number of carbonyl (C=O) groups excluding carboxylic acids is 1. The molecule has 0 saturated heterocycles. The number of aromatic nitrogens is 1. The first-order chi connectivity index (χ1) is 12.6. The van der Waals surface area contributed by atoms with Crippen molar-refractivity contribution in [1.82, 2.24) is 10.5 Å². The average molecular weight is 387 g/mol.